The molecule has 190 valence electrons. The highest BCUT2D eigenvalue weighted by atomic mass is 14.9. The lowest BCUT2D eigenvalue weighted by Crippen LogP contribution is -2.11. The van der Waals surface area contributed by atoms with Crippen molar-refractivity contribution in [2.75, 3.05) is 0 Å². The Morgan fingerprint density at radius 3 is 1.76 bits per heavy atom. The number of imidazole rings is 1. The Labute approximate surface area is 223 Å². The molecule has 0 aliphatic carbocycles. The van der Waals surface area contributed by atoms with E-state index in [1.165, 1.54) is 21.9 Å². The van der Waals surface area contributed by atoms with E-state index in [0.717, 1.165) is 45.1 Å². The molecule has 0 saturated heterocycles. The number of benzene rings is 2. The number of rotatable bonds is 3. The normalized spacial score (nSPS) is 12.5. The molecule has 0 saturated carbocycles. The summed E-state index contributed by atoms with van der Waals surface area (Å²) in [7, 11) is 0. The van der Waals surface area contributed by atoms with E-state index in [2.05, 4.69) is 99.0 Å². The topological polar surface area (TPSA) is 70.2 Å². The molecule has 0 amide bonds. The number of nitrogens with one attached hydrogen (secondary N) is 2. The first-order valence-electron chi connectivity index (χ1n) is 13.1. The van der Waals surface area contributed by atoms with E-state index in [9.17, 15) is 0 Å². The van der Waals surface area contributed by atoms with Gasteiger partial charge < -0.3 is 9.97 Å². The van der Waals surface area contributed by atoms with Crippen LogP contribution in [-0.2, 0) is 10.8 Å². The molecule has 0 radical (unpaired) electrons. The van der Waals surface area contributed by atoms with Gasteiger partial charge >= 0.3 is 0 Å². The first kappa shape index (κ1) is 24.1. The van der Waals surface area contributed by atoms with Crippen molar-refractivity contribution in [3.05, 3.63) is 90.4 Å². The Bertz CT molecular complexity index is 1760. The van der Waals surface area contributed by atoms with Crippen LogP contribution in [0.2, 0.25) is 0 Å². The smallest absolute Gasteiger partial charge is 0.155 e. The summed E-state index contributed by atoms with van der Waals surface area (Å²) in [6, 6.07) is 21.5. The van der Waals surface area contributed by atoms with Gasteiger partial charge in [-0.1, -0.05) is 53.7 Å². The summed E-state index contributed by atoms with van der Waals surface area (Å²) < 4.78 is 0. The van der Waals surface area contributed by atoms with Crippen molar-refractivity contribution >= 4 is 21.8 Å². The van der Waals surface area contributed by atoms with Gasteiger partial charge in [-0.15, -0.1) is 0 Å². The largest absolute Gasteiger partial charge is 0.353 e. The minimum Gasteiger partial charge on any atom is -0.353 e. The average molecular weight is 500 g/mol. The number of fused-ring (bicyclic) bond motifs is 3. The molecule has 0 fully saturated rings. The molecule has 5 nitrogen and oxygen atoms in total. The first-order chi connectivity index (χ1) is 18.1. The van der Waals surface area contributed by atoms with E-state index in [1.807, 2.05) is 30.6 Å². The number of H-pyrrole nitrogens is 2. The first-order valence-corrected chi connectivity index (χ1v) is 13.1. The highest BCUT2D eigenvalue weighted by molar-refractivity contribution is 6.15. The Hall–Kier alpha value is -4.25. The lowest BCUT2D eigenvalue weighted by atomic mass is 9.83. The summed E-state index contributed by atoms with van der Waals surface area (Å²) in [5.74, 6) is 0.763. The van der Waals surface area contributed by atoms with Gasteiger partial charge in [0, 0.05) is 40.5 Å². The van der Waals surface area contributed by atoms with Crippen molar-refractivity contribution < 1.29 is 0 Å². The molecule has 4 aromatic heterocycles. The maximum absolute atomic E-state index is 5.04. The van der Waals surface area contributed by atoms with Crippen molar-refractivity contribution in [1.29, 1.82) is 0 Å². The van der Waals surface area contributed by atoms with E-state index in [0.29, 0.717) is 0 Å². The molecule has 2 aromatic carbocycles. The zero-order chi connectivity index (χ0) is 26.7. The fraction of sp³-hybridized carbons (Fsp3) is 0.242. The van der Waals surface area contributed by atoms with Gasteiger partial charge in [0.1, 0.15) is 5.69 Å². The minimum absolute atomic E-state index is 0.00922. The second kappa shape index (κ2) is 8.66. The third-order valence-electron chi connectivity index (χ3n) is 7.26. The van der Waals surface area contributed by atoms with Crippen LogP contribution in [0.15, 0.2) is 79.3 Å². The Kier molecular flexibility index (Phi) is 5.49. The predicted octanol–water partition coefficient (Wildman–Crippen LogP) is 8.43. The number of aromatic amines is 2. The molecule has 2 N–H and O–H groups in total. The molecule has 6 rings (SSSR count). The van der Waals surface area contributed by atoms with Crippen LogP contribution in [-0.4, -0.2) is 24.9 Å². The quantitative estimate of drug-likeness (QED) is 0.257. The van der Waals surface area contributed by atoms with Gasteiger partial charge in [0.25, 0.3) is 0 Å². The fourth-order valence-electron chi connectivity index (χ4n) is 5.02. The zero-order valence-electron chi connectivity index (χ0n) is 22.8. The van der Waals surface area contributed by atoms with Crippen LogP contribution in [0.4, 0.5) is 0 Å². The van der Waals surface area contributed by atoms with Gasteiger partial charge in [-0.25, -0.2) is 9.97 Å². The lowest BCUT2D eigenvalue weighted by molar-refractivity contribution is 0.590. The third kappa shape index (κ3) is 4.18. The summed E-state index contributed by atoms with van der Waals surface area (Å²) >= 11 is 0. The van der Waals surface area contributed by atoms with Crippen LogP contribution >= 0.6 is 0 Å². The molecule has 0 unspecified atom stereocenters. The van der Waals surface area contributed by atoms with Gasteiger partial charge in [-0.3, -0.25) is 4.98 Å². The maximum Gasteiger partial charge on any atom is 0.155 e. The SMILES string of the molecule is CC(C)(C)c1cc(-c2ccccn2)c2[nH]c3c(-c4cccc(-c5ncc[nH]5)n4)cc(C(C)(C)C)cc3c2c1. The molecule has 38 heavy (non-hydrogen) atoms. The number of hydrogen-bond acceptors (Lipinski definition) is 3. The summed E-state index contributed by atoms with van der Waals surface area (Å²) in [5, 5.41) is 2.42. The van der Waals surface area contributed by atoms with Crippen LogP contribution in [0.5, 0.6) is 0 Å². The summed E-state index contributed by atoms with van der Waals surface area (Å²) in [4.78, 5) is 21.2. The standard InChI is InChI=1S/C33H33N5/c1-32(2,3)20-16-22-23-17-21(33(4,5)6)19-25(27-11-9-12-28(37-27)31-35-14-15-36-31)30(23)38-29(22)24(18-20)26-10-7-8-13-34-26/h7-19,38H,1-6H3,(H,35,36). The monoisotopic (exact) mass is 499 g/mol. The number of hydrogen-bond donors (Lipinski definition) is 2. The van der Waals surface area contributed by atoms with Crippen LogP contribution in [0, 0.1) is 0 Å². The van der Waals surface area contributed by atoms with E-state index < -0.39 is 0 Å². The summed E-state index contributed by atoms with van der Waals surface area (Å²) in [6.07, 6.45) is 5.44. The van der Waals surface area contributed by atoms with Gasteiger partial charge in [0.15, 0.2) is 5.82 Å². The Balaban J connectivity index is 1.71. The Morgan fingerprint density at radius 2 is 1.21 bits per heavy atom. The van der Waals surface area contributed by atoms with E-state index in [4.69, 9.17) is 9.97 Å². The van der Waals surface area contributed by atoms with Crippen LogP contribution in [0.3, 0.4) is 0 Å². The van der Waals surface area contributed by atoms with Gasteiger partial charge in [-0.05, 0) is 70.5 Å². The summed E-state index contributed by atoms with van der Waals surface area (Å²) in [5.41, 5.74) is 9.60. The van der Waals surface area contributed by atoms with Crippen molar-refractivity contribution in [1.82, 2.24) is 24.9 Å². The third-order valence-corrected chi connectivity index (χ3v) is 7.26. The lowest BCUT2D eigenvalue weighted by Gasteiger charge is -2.21. The molecule has 0 atom stereocenters. The molecular weight excluding hydrogens is 466 g/mol. The highest BCUT2D eigenvalue weighted by Gasteiger charge is 2.23. The molecule has 4 heterocycles. The second-order valence-corrected chi connectivity index (χ2v) is 12.1. The highest BCUT2D eigenvalue weighted by Crippen LogP contribution is 2.42. The minimum atomic E-state index is -0.0311. The zero-order valence-corrected chi connectivity index (χ0v) is 22.8. The van der Waals surface area contributed by atoms with Crippen molar-refractivity contribution in [2.24, 2.45) is 0 Å². The second-order valence-electron chi connectivity index (χ2n) is 12.1. The molecule has 0 spiro atoms. The van der Waals surface area contributed by atoms with Crippen molar-refractivity contribution in [3.8, 4) is 34.0 Å². The van der Waals surface area contributed by atoms with E-state index in [1.54, 1.807) is 6.20 Å². The molecule has 6 aromatic rings. The van der Waals surface area contributed by atoms with Crippen LogP contribution < -0.4 is 0 Å². The van der Waals surface area contributed by atoms with E-state index >= 15 is 0 Å². The van der Waals surface area contributed by atoms with Crippen molar-refractivity contribution in [2.45, 2.75) is 52.4 Å². The molecule has 5 heteroatoms. The van der Waals surface area contributed by atoms with Crippen LogP contribution in [0.25, 0.3) is 55.8 Å². The van der Waals surface area contributed by atoms with Crippen molar-refractivity contribution in [3.63, 3.8) is 0 Å². The predicted molar refractivity (Wildman–Crippen MR) is 157 cm³/mol. The molecule has 0 aliphatic rings. The molecule has 0 bridgehead atoms. The average Bonchev–Trinajstić information content (AvgIpc) is 3.56. The maximum atomic E-state index is 5.04. The van der Waals surface area contributed by atoms with Crippen LogP contribution in [0.1, 0.15) is 52.7 Å². The molecule has 0 aliphatic heterocycles. The summed E-state index contributed by atoms with van der Waals surface area (Å²) in [6.45, 7) is 13.6. The molecular formula is C33H33N5. The number of nitrogens with zero attached hydrogens (tertiary/aromatic N) is 3. The fourth-order valence-corrected chi connectivity index (χ4v) is 5.02. The van der Waals surface area contributed by atoms with E-state index in [-0.39, 0.29) is 10.8 Å². The van der Waals surface area contributed by atoms with Gasteiger partial charge in [0.2, 0.25) is 0 Å². The van der Waals surface area contributed by atoms with Gasteiger partial charge in [0.05, 0.1) is 22.4 Å². The van der Waals surface area contributed by atoms with Gasteiger partial charge in [-0.2, -0.15) is 0 Å². The number of aromatic nitrogens is 5. The number of pyridine rings is 2. The Morgan fingerprint density at radius 1 is 0.605 bits per heavy atom.